The van der Waals surface area contributed by atoms with Gasteiger partial charge in [0.1, 0.15) is 6.04 Å². The minimum atomic E-state index is -4.28. The number of nitrogens with one attached hydrogen (secondary N) is 1. The first kappa shape index (κ1) is 10.7. The second-order valence-electron chi connectivity index (χ2n) is 2.60. The van der Waals surface area contributed by atoms with Crippen LogP contribution in [0.1, 0.15) is 6.92 Å². The number of rotatable bonds is 3. The van der Waals surface area contributed by atoms with Crippen LogP contribution in [0.4, 0.5) is 13.2 Å². The molecule has 0 aliphatic rings. The third-order valence-electron chi connectivity index (χ3n) is 1.52. The Morgan fingerprint density at radius 2 is 1.91 bits per heavy atom. The molecule has 0 aromatic heterocycles. The van der Waals surface area contributed by atoms with Crippen LogP contribution in [0.2, 0.25) is 0 Å². The fourth-order valence-corrected chi connectivity index (χ4v) is 0.772. The van der Waals surface area contributed by atoms with Crippen molar-refractivity contribution in [3.8, 4) is 0 Å². The highest BCUT2D eigenvalue weighted by Crippen LogP contribution is 2.23. The Bertz CT molecular complexity index is 113. The minimum Gasteiger partial charge on any atom is -0.320 e. The van der Waals surface area contributed by atoms with E-state index in [1.165, 1.54) is 6.92 Å². The molecule has 5 heteroatoms. The van der Waals surface area contributed by atoms with Crippen LogP contribution in [0.15, 0.2) is 0 Å². The SMILES string of the molecule is CNCC(C)C(N)C(F)(F)F. The van der Waals surface area contributed by atoms with Crippen LogP contribution in [-0.4, -0.2) is 25.8 Å². The van der Waals surface area contributed by atoms with Gasteiger partial charge in [-0.2, -0.15) is 13.2 Å². The Hall–Kier alpha value is -0.290. The van der Waals surface area contributed by atoms with Gasteiger partial charge in [-0.3, -0.25) is 0 Å². The van der Waals surface area contributed by atoms with Crippen molar-refractivity contribution < 1.29 is 13.2 Å². The highest BCUT2D eigenvalue weighted by Gasteiger charge is 2.39. The number of alkyl halides is 3. The van der Waals surface area contributed by atoms with Crippen molar-refractivity contribution in [2.24, 2.45) is 11.7 Å². The monoisotopic (exact) mass is 170 g/mol. The molecule has 0 bridgehead atoms. The van der Waals surface area contributed by atoms with Gasteiger partial charge < -0.3 is 11.1 Å². The zero-order chi connectivity index (χ0) is 9.07. The number of hydrogen-bond donors (Lipinski definition) is 2. The molecule has 0 saturated carbocycles. The summed E-state index contributed by atoms with van der Waals surface area (Å²) in [5, 5.41) is 2.64. The lowest BCUT2D eigenvalue weighted by molar-refractivity contribution is -0.157. The summed E-state index contributed by atoms with van der Waals surface area (Å²) in [4.78, 5) is 0. The van der Waals surface area contributed by atoms with Crippen LogP contribution in [-0.2, 0) is 0 Å². The lowest BCUT2D eigenvalue weighted by atomic mass is 10.0. The molecule has 0 heterocycles. The molecule has 11 heavy (non-hydrogen) atoms. The van der Waals surface area contributed by atoms with E-state index in [1.807, 2.05) is 0 Å². The van der Waals surface area contributed by atoms with Gasteiger partial charge in [-0.15, -0.1) is 0 Å². The van der Waals surface area contributed by atoms with Crippen molar-refractivity contribution >= 4 is 0 Å². The van der Waals surface area contributed by atoms with E-state index in [-0.39, 0.29) is 6.54 Å². The van der Waals surface area contributed by atoms with Crippen LogP contribution in [0.25, 0.3) is 0 Å². The summed E-state index contributed by atoms with van der Waals surface area (Å²) in [5.74, 6) is -0.583. The summed E-state index contributed by atoms with van der Waals surface area (Å²) in [7, 11) is 1.60. The van der Waals surface area contributed by atoms with E-state index in [9.17, 15) is 13.2 Å². The smallest absolute Gasteiger partial charge is 0.320 e. The standard InChI is InChI=1S/C6H13F3N2/c1-4(3-11-2)5(10)6(7,8)9/h4-5,11H,3,10H2,1-2H3. The zero-order valence-corrected chi connectivity index (χ0v) is 6.57. The molecule has 68 valence electrons. The third-order valence-corrected chi connectivity index (χ3v) is 1.52. The Labute approximate surface area is 64.0 Å². The second-order valence-corrected chi connectivity index (χ2v) is 2.60. The van der Waals surface area contributed by atoms with Gasteiger partial charge in [0.05, 0.1) is 0 Å². The Balaban J connectivity index is 3.91. The van der Waals surface area contributed by atoms with Gasteiger partial charge in [0.25, 0.3) is 0 Å². The van der Waals surface area contributed by atoms with E-state index >= 15 is 0 Å². The predicted molar refractivity (Wildman–Crippen MR) is 37.1 cm³/mol. The summed E-state index contributed by atoms with van der Waals surface area (Å²) in [5.41, 5.74) is 4.92. The van der Waals surface area contributed by atoms with E-state index in [0.29, 0.717) is 0 Å². The molecule has 0 amide bonds. The zero-order valence-electron chi connectivity index (χ0n) is 6.57. The molecule has 0 rings (SSSR count). The molecule has 3 N–H and O–H groups in total. The highest BCUT2D eigenvalue weighted by atomic mass is 19.4. The van der Waals surface area contributed by atoms with E-state index in [0.717, 1.165) is 0 Å². The largest absolute Gasteiger partial charge is 0.403 e. The van der Waals surface area contributed by atoms with Gasteiger partial charge in [-0.1, -0.05) is 6.92 Å². The van der Waals surface area contributed by atoms with E-state index in [2.05, 4.69) is 5.32 Å². The summed E-state index contributed by atoms with van der Waals surface area (Å²) >= 11 is 0. The average Bonchev–Trinajstić information content (AvgIpc) is 1.85. The quantitative estimate of drug-likeness (QED) is 0.655. The maximum absolute atomic E-state index is 11.9. The fourth-order valence-electron chi connectivity index (χ4n) is 0.772. The molecule has 0 fully saturated rings. The molecule has 0 aliphatic heterocycles. The van der Waals surface area contributed by atoms with Crippen LogP contribution < -0.4 is 11.1 Å². The van der Waals surface area contributed by atoms with Gasteiger partial charge in [-0.05, 0) is 19.5 Å². The maximum atomic E-state index is 11.9. The molecule has 0 saturated heterocycles. The molecule has 2 unspecified atom stereocenters. The van der Waals surface area contributed by atoms with Gasteiger partial charge in [0, 0.05) is 0 Å². The number of hydrogen-bond acceptors (Lipinski definition) is 2. The molecule has 0 aromatic carbocycles. The number of halogens is 3. The van der Waals surface area contributed by atoms with Gasteiger partial charge in [0.15, 0.2) is 0 Å². The molecule has 2 atom stereocenters. The predicted octanol–water partition coefficient (Wildman–Crippen LogP) is 0.731. The van der Waals surface area contributed by atoms with Crippen LogP contribution in [0.5, 0.6) is 0 Å². The van der Waals surface area contributed by atoms with E-state index in [4.69, 9.17) is 5.73 Å². The van der Waals surface area contributed by atoms with Crippen molar-refractivity contribution in [2.45, 2.75) is 19.1 Å². The Morgan fingerprint density at radius 1 is 1.45 bits per heavy atom. The normalized spacial score (nSPS) is 18.0. The molecule has 0 aromatic rings. The second kappa shape index (κ2) is 3.92. The first-order valence-corrected chi connectivity index (χ1v) is 3.36. The molecule has 0 radical (unpaired) electrons. The van der Waals surface area contributed by atoms with Crippen LogP contribution in [0.3, 0.4) is 0 Å². The van der Waals surface area contributed by atoms with E-state index in [1.54, 1.807) is 7.05 Å². The van der Waals surface area contributed by atoms with Gasteiger partial charge >= 0.3 is 6.18 Å². The van der Waals surface area contributed by atoms with Crippen molar-refractivity contribution in [2.75, 3.05) is 13.6 Å². The summed E-state index contributed by atoms with van der Waals surface area (Å²) < 4.78 is 35.6. The Morgan fingerprint density at radius 3 is 2.18 bits per heavy atom. The lowest BCUT2D eigenvalue weighted by Gasteiger charge is -2.21. The van der Waals surface area contributed by atoms with Crippen LogP contribution >= 0.6 is 0 Å². The molecule has 2 nitrogen and oxygen atoms in total. The highest BCUT2D eigenvalue weighted by molar-refractivity contribution is 4.77. The first-order chi connectivity index (χ1) is 4.89. The first-order valence-electron chi connectivity index (χ1n) is 3.36. The molecular formula is C6H13F3N2. The fraction of sp³-hybridized carbons (Fsp3) is 1.00. The number of nitrogens with two attached hydrogens (primary N) is 1. The van der Waals surface area contributed by atoms with Crippen molar-refractivity contribution in [3.63, 3.8) is 0 Å². The third kappa shape index (κ3) is 3.57. The Kier molecular flexibility index (Phi) is 3.82. The molecule has 0 spiro atoms. The van der Waals surface area contributed by atoms with Crippen molar-refractivity contribution in [1.82, 2.24) is 5.32 Å². The van der Waals surface area contributed by atoms with Gasteiger partial charge in [-0.25, -0.2) is 0 Å². The average molecular weight is 170 g/mol. The van der Waals surface area contributed by atoms with Crippen molar-refractivity contribution in [3.05, 3.63) is 0 Å². The van der Waals surface area contributed by atoms with Crippen molar-refractivity contribution in [1.29, 1.82) is 0 Å². The van der Waals surface area contributed by atoms with Gasteiger partial charge in [0.2, 0.25) is 0 Å². The lowest BCUT2D eigenvalue weighted by Crippen LogP contribution is -2.45. The topological polar surface area (TPSA) is 38.0 Å². The summed E-state index contributed by atoms with van der Waals surface area (Å²) in [6.07, 6.45) is -4.28. The summed E-state index contributed by atoms with van der Waals surface area (Å²) in [6, 6.07) is -1.73. The molecular weight excluding hydrogens is 157 g/mol. The summed E-state index contributed by atoms with van der Waals surface area (Å²) in [6.45, 7) is 1.75. The molecule has 0 aliphatic carbocycles. The minimum absolute atomic E-state index is 0.278. The maximum Gasteiger partial charge on any atom is 0.403 e. The van der Waals surface area contributed by atoms with E-state index < -0.39 is 18.1 Å². The van der Waals surface area contributed by atoms with Crippen LogP contribution in [0, 0.1) is 5.92 Å².